The summed E-state index contributed by atoms with van der Waals surface area (Å²) < 4.78 is 10.8. The fraction of sp³-hybridized carbons (Fsp3) is 0.241. The molecule has 2 N–H and O–H groups in total. The molecule has 4 rings (SSSR count). The number of methoxy groups -OCH3 is 2. The van der Waals surface area contributed by atoms with Crippen LogP contribution >= 0.6 is 0 Å². The molecule has 0 aliphatic carbocycles. The third-order valence-electron chi connectivity index (χ3n) is 6.44. The van der Waals surface area contributed by atoms with Crippen LogP contribution in [0.5, 0.6) is 17.2 Å². The van der Waals surface area contributed by atoms with Crippen molar-refractivity contribution in [1.29, 1.82) is 0 Å². The number of aromatic hydroxyl groups is 1. The first-order valence-corrected chi connectivity index (χ1v) is 11.6. The number of anilines is 1. The summed E-state index contributed by atoms with van der Waals surface area (Å²) in [5.41, 5.74) is 3.00. The Hall–Kier alpha value is -4.26. The van der Waals surface area contributed by atoms with Gasteiger partial charge in [-0.15, -0.1) is 0 Å². The van der Waals surface area contributed by atoms with Crippen LogP contribution in [0.2, 0.25) is 0 Å². The number of carbonyl (C=O) groups excluding carboxylic acids is 2. The predicted molar refractivity (Wildman–Crippen MR) is 138 cm³/mol. The Balaban J connectivity index is 1.98. The van der Waals surface area contributed by atoms with Crippen molar-refractivity contribution in [3.63, 3.8) is 0 Å². The highest BCUT2D eigenvalue weighted by molar-refractivity contribution is 6.51. The van der Waals surface area contributed by atoms with Crippen LogP contribution < -0.4 is 14.4 Å². The number of aliphatic hydroxyl groups is 1. The molecule has 36 heavy (non-hydrogen) atoms. The second kappa shape index (κ2) is 9.77. The van der Waals surface area contributed by atoms with E-state index in [9.17, 15) is 19.8 Å². The van der Waals surface area contributed by atoms with Gasteiger partial charge in [0, 0.05) is 17.3 Å². The highest BCUT2D eigenvalue weighted by Gasteiger charge is 2.47. The summed E-state index contributed by atoms with van der Waals surface area (Å²) in [5, 5.41) is 21.4. The summed E-state index contributed by atoms with van der Waals surface area (Å²) in [6, 6.07) is 15.8. The first-order valence-electron chi connectivity index (χ1n) is 11.6. The van der Waals surface area contributed by atoms with E-state index in [1.807, 2.05) is 26.8 Å². The van der Waals surface area contributed by atoms with Gasteiger partial charge in [-0.25, -0.2) is 0 Å². The quantitative estimate of drug-likeness (QED) is 0.272. The molecule has 0 radical (unpaired) electrons. The SMILES string of the molecule is COc1cccc(N2C(=O)C(=O)/C(=C(/O)c3cc(C(C)C)c(OC)cc3C)C2c2ccc(O)cc2)c1. The number of ether oxygens (including phenoxy) is 2. The molecule has 186 valence electrons. The Kier molecular flexibility index (Phi) is 6.75. The number of aliphatic hydroxyl groups excluding tert-OH is 1. The van der Waals surface area contributed by atoms with Gasteiger partial charge in [-0.05, 0) is 65.9 Å². The number of nitrogens with zero attached hydrogens (tertiary/aromatic N) is 1. The maximum atomic E-state index is 13.4. The fourth-order valence-electron chi connectivity index (χ4n) is 4.56. The number of rotatable bonds is 6. The van der Waals surface area contributed by atoms with Crippen LogP contribution in [0.15, 0.2) is 66.2 Å². The van der Waals surface area contributed by atoms with Gasteiger partial charge in [0.25, 0.3) is 11.7 Å². The zero-order valence-electron chi connectivity index (χ0n) is 20.9. The van der Waals surface area contributed by atoms with Gasteiger partial charge in [0.1, 0.15) is 23.0 Å². The van der Waals surface area contributed by atoms with Crippen LogP contribution in [-0.2, 0) is 9.59 Å². The van der Waals surface area contributed by atoms with Gasteiger partial charge in [-0.3, -0.25) is 14.5 Å². The normalized spacial score (nSPS) is 17.1. The van der Waals surface area contributed by atoms with E-state index in [1.165, 1.54) is 24.1 Å². The van der Waals surface area contributed by atoms with Crippen molar-refractivity contribution < 1.29 is 29.3 Å². The maximum absolute atomic E-state index is 13.4. The van der Waals surface area contributed by atoms with E-state index in [0.29, 0.717) is 33.9 Å². The van der Waals surface area contributed by atoms with Gasteiger partial charge in [-0.2, -0.15) is 0 Å². The molecule has 1 atom stereocenters. The summed E-state index contributed by atoms with van der Waals surface area (Å²) >= 11 is 0. The predicted octanol–water partition coefficient (Wildman–Crippen LogP) is 5.47. The van der Waals surface area contributed by atoms with Crippen molar-refractivity contribution in [1.82, 2.24) is 0 Å². The smallest absolute Gasteiger partial charge is 0.300 e. The van der Waals surface area contributed by atoms with E-state index in [0.717, 1.165) is 5.56 Å². The minimum atomic E-state index is -0.915. The Morgan fingerprint density at radius 2 is 1.67 bits per heavy atom. The molecule has 1 heterocycles. The maximum Gasteiger partial charge on any atom is 0.300 e. The van der Waals surface area contributed by atoms with Gasteiger partial charge in [0.05, 0.1) is 25.8 Å². The van der Waals surface area contributed by atoms with Crippen LogP contribution in [0.25, 0.3) is 5.76 Å². The molecule has 0 saturated carbocycles. The summed E-state index contributed by atoms with van der Waals surface area (Å²) in [7, 11) is 3.11. The molecule has 3 aromatic carbocycles. The van der Waals surface area contributed by atoms with E-state index >= 15 is 0 Å². The molecule has 1 saturated heterocycles. The molecule has 1 amide bonds. The molecule has 1 unspecified atom stereocenters. The number of hydrogen-bond donors (Lipinski definition) is 2. The molecule has 3 aromatic rings. The monoisotopic (exact) mass is 487 g/mol. The van der Waals surface area contributed by atoms with Gasteiger partial charge >= 0.3 is 0 Å². The number of phenols is 1. The van der Waals surface area contributed by atoms with E-state index in [2.05, 4.69) is 0 Å². The highest BCUT2D eigenvalue weighted by atomic mass is 16.5. The van der Waals surface area contributed by atoms with E-state index in [4.69, 9.17) is 9.47 Å². The average Bonchev–Trinajstić information content (AvgIpc) is 3.13. The standard InChI is InChI=1S/C29H29NO6/c1-16(2)22-15-23(17(3)13-24(22)36-5)27(32)25-26(18-9-11-20(31)12-10-18)30(29(34)28(25)33)19-7-6-8-21(14-19)35-4/h6-16,26,31-32H,1-5H3/b27-25+. The molecule has 1 fully saturated rings. The number of hydrogen-bond acceptors (Lipinski definition) is 6. The summed E-state index contributed by atoms with van der Waals surface area (Å²) in [5.74, 6) is -0.479. The Morgan fingerprint density at radius 1 is 0.972 bits per heavy atom. The van der Waals surface area contributed by atoms with E-state index in [-0.39, 0.29) is 23.0 Å². The van der Waals surface area contributed by atoms with Crippen LogP contribution in [-0.4, -0.2) is 36.1 Å². The minimum Gasteiger partial charge on any atom is -0.508 e. The van der Waals surface area contributed by atoms with Crippen LogP contribution in [0.3, 0.4) is 0 Å². The Labute approximate surface area is 210 Å². The molecule has 0 aromatic heterocycles. The molecule has 0 spiro atoms. The summed E-state index contributed by atoms with van der Waals surface area (Å²) in [6.45, 7) is 5.83. The summed E-state index contributed by atoms with van der Waals surface area (Å²) in [6.07, 6.45) is 0. The molecule has 7 nitrogen and oxygen atoms in total. The third kappa shape index (κ3) is 4.28. The van der Waals surface area contributed by atoms with E-state index in [1.54, 1.807) is 49.6 Å². The van der Waals surface area contributed by atoms with Gasteiger partial charge < -0.3 is 19.7 Å². The third-order valence-corrected chi connectivity index (χ3v) is 6.44. The molecule has 7 heteroatoms. The zero-order valence-corrected chi connectivity index (χ0v) is 20.9. The first kappa shape index (κ1) is 24.9. The number of Topliss-reactive ketones (excluding diaryl/α,β-unsaturated/α-hetero) is 1. The van der Waals surface area contributed by atoms with Crippen molar-refractivity contribution >= 4 is 23.1 Å². The number of amides is 1. The van der Waals surface area contributed by atoms with Gasteiger partial charge in [-0.1, -0.05) is 32.0 Å². The lowest BCUT2D eigenvalue weighted by atomic mass is 9.91. The molecule has 1 aliphatic rings. The summed E-state index contributed by atoms with van der Waals surface area (Å²) in [4.78, 5) is 28.2. The second-order valence-electron chi connectivity index (χ2n) is 9.03. The minimum absolute atomic E-state index is 0.0310. The number of carbonyl (C=O) groups is 2. The van der Waals surface area contributed by atoms with Crippen molar-refractivity contribution in [3.05, 3.63) is 88.5 Å². The van der Waals surface area contributed by atoms with Crippen LogP contribution in [0.4, 0.5) is 5.69 Å². The average molecular weight is 488 g/mol. The topological polar surface area (TPSA) is 96.3 Å². The largest absolute Gasteiger partial charge is 0.508 e. The molecule has 1 aliphatic heterocycles. The molecular formula is C29H29NO6. The fourth-order valence-corrected chi connectivity index (χ4v) is 4.56. The first-order chi connectivity index (χ1) is 17.2. The zero-order chi connectivity index (χ0) is 26.1. The number of phenolic OH excluding ortho intramolecular Hbond substituents is 1. The lowest BCUT2D eigenvalue weighted by molar-refractivity contribution is -0.132. The Morgan fingerprint density at radius 3 is 2.28 bits per heavy atom. The number of ketones is 1. The van der Waals surface area contributed by atoms with Crippen LogP contribution in [0, 0.1) is 6.92 Å². The number of aryl methyl sites for hydroxylation is 1. The van der Waals surface area contributed by atoms with Gasteiger partial charge in [0.2, 0.25) is 0 Å². The lowest BCUT2D eigenvalue weighted by Crippen LogP contribution is -2.29. The lowest BCUT2D eigenvalue weighted by Gasteiger charge is -2.26. The highest BCUT2D eigenvalue weighted by Crippen LogP contribution is 2.44. The number of benzene rings is 3. The Bertz CT molecular complexity index is 1360. The van der Waals surface area contributed by atoms with Crippen molar-refractivity contribution in [3.8, 4) is 17.2 Å². The van der Waals surface area contributed by atoms with Crippen LogP contribution in [0.1, 0.15) is 48.1 Å². The van der Waals surface area contributed by atoms with Crippen molar-refractivity contribution in [2.45, 2.75) is 32.7 Å². The molecule has 0 bridgehead atoms. The van der Waals surface area contributed by atoms with Gasteiger partial charge in [0.15, 0.2) is 0 Å². The van der Waals surface area contributed by atoms with Crippen molar-refractivity contribution in [2.24, 2.45) is 0 Å². The van der Waals surface area contributed by atoms with E-state index < -0.39 is 17.7 Å². The molecular weight excluding hydrogens is 458 g/mol. The van der Waals surface area contributed by atoms with Crippen molar-refractivity contribution in [2.75, 3.05) is 19.1 Å². The second-order valence-corrected chi connectivity index (χ2v) is 9.03.